The maximum absolute atomic E-state index is 13.3. The summed E-state index contributed by atoms with van der Waals surface area (Å²) in [5.41, 5.74) is 6.39. The number of nitrogen functional groups attached to an aromatic ring is 1. The van der Waals surface area contributed by atoms with Crippen LogP contribution in [0.25, 0.3) is 6.08 Å². The summed E-state index contributed by atoms with van der Waals surface area (Å²) in [6.45, 7) is 3.29. The highest BCUT2D eigenvalue weighted by molar-refractivity contribution is 8.00. The number of carbonyl (C=O) groups is 4. The zero-order valence-corrected chi connectivity index (χ0v) is 23.5. The van der Waals surface area contributed by atoms with Crippen molar-refractivity contribution >= 4 is 64.0 Å². The number of ether oxygens (including phenoxy) is 3. The number of thioether (sulfide) groups is 1. The molecule has 14 nitrogen and oxygen atoms in total. The van der Waals surface area contributed by atoms with Gasteiger partial charge < -0.3 is 30.5 Å². The number of nitrogens with two attached hydrogens (primary N) is 1. The Hall–Kier alpha value is -4.44. The standard InChI is InChI=1S/C25H26N6O8S2/c1-3-9-37-25(35)39-13(2)38-23(34)19-15(7-6-14-5-4-8-27-10-14)11-40-22-18(21(33)31(19)22)29-20(32)17(30-36)16-12-41-24(26)28-16/h4-8,10,12-13,18,22,36H,3,9,11H2,1-2H3,(H2,26,28)(H,29,32)/b7-6-,30-17-/t13?,18-,22-/m1/s1. The van der Waals surface area contributed by atoms with Gasteiger partial charge in [0.05, 0.1) is 6.61 Å². The minimum Gasteiger partial charge on any atom is -0.434 e. The lowest BCUT2D eigenvalue weighted by atomic mass is 10.0. The summed E-state index contributed by atoms with van der Waals surface area (Å²) in [5.74, 6) is -2.08. The third-order valence-electron chi connectivity index (χ3n) is 5.68. The van der Waals surface area contributed by atoms with Crippen molar-refractivity contribution in [2.45, 2.75) is 38.0 Å². The van der Waals surface area contributed by atoms with Crippen molar-refractivity contribution in [3.8, 4) is 0 Å². The van der Waals surface area contributed by atoms with E-state index >= 15 is 0 Å². The number of fused-ring (bicyclic) bond motifs is 1. The van der Waals surface area contributed by atoms with Gasteiger partial charge in [-0.1, -0.05) is 30.3 Å². The van der Waals surface area contributed by atoms with Crippen LogP contribution in [0.5, 0.6) is 0 Å². The van der Waals surface area contributed by atoms with Crippen molar-refractivity contribution < 1.29 is 38.6 Å². The van der Waals surface area contributed by atoms with Gasteiger partial charge in [0.25, 0.3) is 11.8 Å². The largest absolute Gasteiger partial charge is 0.511 e. The fourth-order valence-corrected chi connectivity index (χ4v) is 5.70. The van der Waals surface area contributed by atoms with Crippen LogP contribution >= 0.6 is 23.1 Å². The fourth-order valence-electron chi connectivity index (χ4n) is 3.84. The van der Waals surface area contributed by atoms with Crippen molar-refractivity contribution in [1.29, 1.82) is 0 Å². The Bertz CT molecular complexity index is 1410. The van der Waals surface area contributed by atoms with Crippen LogP contribution in [0.1, 0.15) is 31.5 Å². The number of carbonyl (C=O) groups excluding carboxylic acids is 4. The highest BCUT2D eigenvalue weighted by atomic mass is 32.2. The fraction of sp³-hybridized carbons (Fsp3) is 0.320. The molecule has 0 radical (unpaired) electrons. The van der Waals surface area contributed by atoms with E-state index < -0.39 is 47.4 Å². The van der Waals surface area contributed by atoms with E-state index in [0.29, 0.717) is 12.0 Å². The molecule has 2 amide bonds. The first-order valence-electron chi connectivity index (χ1n) is 12.3. The molecule has 1 saturated heterocycles. The maximum atomic E-state index is 13.3. The number of β-lactam (4-membered cyclic amide) rings is 1. The summed E-state index contributed by atoms with van der Waals surface area (Å²) < 4.78 is 15.1. The number of hydrogen-bond donors (Lipinski definition) is 3. The minimum atomic E-state index is -1.31. The van der Waals surface area contributed by atoms with Crippen molar-refractivity contribution in [2.75, 3.05) is 18.1 Å². The predicted molar refractivity (Wildman–Crippen MR) is 148 cm³/mol. The van der Waals surface area contributed by atoms with E-state index in [1.807, 2.05) is 13.0 Å². The lowest BCUT2D eigenvalue weighted by molar-refractivity contribution is -0.169. The highest BCUT2D eigenvalue weighted by Crippen LogP contribution is 2.41. The molecule has 216 valence electrons. The number of allylic oxidation sites excluding steroid dienone is 1. The summed E-state index contributed by atoms with van der Waals surface area (Å²) in [6, 6.07) is 2.53. The summed E-state index contributed by atoms with van der Waals surface area (Å²) in [4.78, 5) is 60.4. The zero-order valence-electron chi connectivity index (χ0n) is 21.9. The van der Waals surface area contributed by atoms with Gasteiger partial charge in [-0.15, -0.1) is 23.1 Å². The first-order chi connectivity index (χ1) is 19.7. The number of pyridine rings is 1. The average Bonchev–Trinajstić information content (AvgIpc) is 3.39. The third-order valence-corrected chi connectivity index (χ3v) is 7.65. The van der Waals surface area contributed by atoms with Gasteiger partial charge in [0.15, 0.2) is 10.8 Å². The predicted octanol–water partition coefficient (Wildman–Crippen LogP) is 2.12. The molecule has 2 aromatic heterocycles. The Labute approximate surface area is 242 Å². The monoisotopic (exact) mass is 602 g/mol. The van der Waals surface area contributed by atoms with Gasteiger partial charge in [0.2, 0.25) is 6.29 Å². The smallest absolute Gasteiger partial charge is 0.434 e. The molecule has 1 fully saturated rings. The number of amides is 2. The molecule has 0 saturated carbocycles. The number of anilines is 1. The first-order valence-corrected chi connectivity index (χ1v) is 14.2. The molecule has 0 bridgehead atoms. The van der Waals surface area contributed by atoms with Crippen LogP contribution in [0, 0.1) is 0 Å². The average molecular weight is 603 g/mol. The van der Waals surface area contributed by atoms with Crippen LogP contribution in [0.2, 0.25) is 0 Å². The first kappa shape index (κ1) is 29.5. The Kier molecular flexibility index (Phi) is 9.57. The molecule has 2 aromatic rings. The van der Waals surface area contributed by atoms with E-state index in [2.05, 4.69) is 20.4 Å². The van der Waals surface area contributed by atoms with Crippen molar-refractivity contribution in [1.82, 2.24) is 20.2 Å². The van der Waals surface area contributed by atoms with Crippen LogP contribution < -0.4 is 11.1 Å². The molecule has 4 rings (SSSR count). The molecular formula is C25H26N6O8S2. The van der Waals surface area contributed by atoms with E-state index in [9.17, 15) is 24.4 Å². The van der Waals surface area contributed by atoms with Crippen LogP contribution in [-0.4, -0.2) is 79.8 Å². The number of hydrogen-bond acceptors (Lipinski definition) is 14. The molecule has 16 heteroatoms. The summed E-state index contributed by atoms with van der Waals surface area (Å²) in [5, 5.41) is 15.9. The van der Waals surface area contributed by atoms with Gasteiger partial charge in [-0.25, -0.2) is 14.6 Å². The molecule has 1 unspecified atom stereocenters. The Morgan fingerprint density at radius 1 is 1.34 bits per heavy atom. The molecule has 4 heterocycles. The number of oxime groups is 1. The van der Waals surface area contributed by atoms with Gasteiger partial charge >= 0.3 is 12.1 Å². The quantitative estimate of drug-likeness (QED) is 0.0896. The van der Waals surface area contributed by atoms with Crippen LogP contribution in [0.4, 0.5) is 9.93 Å². The summed E-state index contributed by atoms with van der Waals surface area (Å²) in [6.07, 6.45) is 4.92. The molecule has 2 aliphatic heterocycles. The van der Waals surface area contributed by atoms with Crippen molar-refractivity contribution in [3.63, 3.8) is 0 Å². The summed E-state index contributed by atoms with van der Waals surface area (Å²) >= 11 is 2.36. The molecule has 2 aliphatic rings. The number of thiazole rings is 1. The number of nitrogens with one attached hydrogen (secondary N) is 1. The lowest BCUT2D eigenvalue weighted by Crippen LogP contribution is -2.71. The van der Waals surface area contributed by atoms with Crippen LogP contribution in [-0.2, 0) is 28.6 Å². The van der Waals surface area contributed by atoms with Crippen molar-refractivity contribution in [3.05, 3.63) is 58.5 Å². The highest BCUT2D eigenvalue weighted by Gasteiger charge is 2.54. The number of esters is 1. The second-order valence-electron chi connectivity index (χ2n) is 8.56. The number of rotatable bonds is 10. The SMILES string of the molecule is CCCOC(=O)OC(C)OC(=O)C1=C(/C=C\c2cccnc2)CS[C@@H]2[C@H](NC(=O)/C(=N\O)c3csc(N)n3)C(=O)N12. The molecule has 0 aliphatic carbocycles. The van der Waals surface area contributed by atoms with E-state index in [-0.39, 0.29) is 28.9 Å². The van der Waals surface area contributed by atoms with Crippen molar-refractivity contribution in [2.24, 2.45) is 5.16 Å². The van der Waals surface area contributed by atoms with Gasteiger partial charge in [-0.3, -0.25) is 19.5 Å². The zero-order chi connectivity index (χ0) is 29.5. The second-order valence-corrected chi connectivity index (χ2v) is 10.6. The van der Waals surface area contributed by atoms with E-state index in [1.165, 1.54) is 29.0 Å². The van der Waals surface area contributed by atoms with Crippen LogP contribution in [0.3, 0.4) is 0 Å². The molecule has 3 atom stereocenters. The van der Waals surface area contributed by atoms with Gasteiger partial charge in [-0.05, 0) is 23.6 Å². The third kappa shape index (κ3) is 6.83. The van der Waals surface area contributed by atoms with E-state index in [4.69, 9.17) is 19.9 Å². The topological polar surface area (TPSA) is 196 Å². The van der Waals surface area contributed by atoms with Gasteiger partial charge in [0.1, 0.15) is 22.8 Å². The maximum Gasteiger partial charge on any atom is 0.511 e. The number of aromatic nitrogens is 2. The Balaban J connectivity index is 1.54. The Morgan fingerprint density at radius 2 is 2.15 bits per heavy atom. The lowest BCUT2D eigenvalue weighted by Gasteiger charge is -2.49. The molecule has 4 N–H and O–H groups in total. The minimum absolute atomic E-state index is 0.0471. The van der Waals surface area contributed by atoms with Gasteiger partial charge in [0, 0.05) is 30.5 Å². The van der Waals surface area contributed by atoms with E-state index in [0.717, 1.165) is 16.9 Å². The second kappa shape index (κ2) is 13.3. The van der Waals surface area contributed by atoms with E-state index in [1.54, 1.807) is 30.6 Å². The van der Waals surface area contributed by atoms with Gasteiger partial charge in [-0.2, -0.15) is 0 Å². The normalized spacial score (nSPS) is 19.3. The molecule has 41 heavy (non-hydrogen) atoms. The molecule has 0 spiro atoms. The molecule has 0 aromatic carbocycles. The Morgan fingerprint density at radius 3 is 2.80 bits per heavy atom. The number of nitrogens with zero attached hydrogens (tertiary/aromatic N) is 4. The van der Waals surface area contributed by atoms with Crippen LogP contribution in [0.15, 0.2) is 52.4 Å². The summed E-state index contributed by atoms with van der Waals surface area (Å²) in [7, 11) is 0. The molecular weight excluding hydrogens is 576 g/mol.